The molecule has 2 aliphatic heterocycles. The molecular weight excluding hydrogens is 605 g/mol. The number of halogens is 2. The van der Waals surface area contributed by atoms with Gasteiger partial charge in [-0.15, -0.1) is 0 Å². The zero-order valence-electron chi connectivity index (χ0n) is 24.9. The predicted molar refractivity (Wildman–Crippen MR) is 171 cm³/mol. The first-order valence-electron chi connectivity index (χ1n) is 15.0. The van der Waals surface area contributed by atoms with E-state index in [1.807, 2.05) is 13.8 Å². The normalized spacial score (nSPS) is 22.6. The molecule has 12 heteroatoms. The molecule has 44 heavy (non-hydrogen) atoms. The van der Waals surface area contributed by atoms with Gasteiger partial charge in [-0.25, -0.2) is 12.8 Å². The monoisotopic (exact) mass is 643 g/mol. The van der Waals surface area contributed by atoms with Crippen molar-refractivity contribution in [2.24, 2.45) is 5.73 Å². The number of nitrogens with zero attached hydrogens (tertiary/aromatic N) is 2. The summed E-state index contributed by atoms with van der Waals surface area (Å²) in [4.78, 5) is 26.2. The molecule has 1 amide bonds. The first kappa shape index (κ1) is 32.3. The number of hydrogen-bond acceptors (Lipinski definition) is 6. The van der Waals surface area contributed by atoms with Crippen molar-refractivity contribution in [3.05, 3.63) is 98.7 Å². The largest absolute Gasteiger partial charge is 0.324 e. The van der Waals surface area contributed by atoms with Gasteiger partial charge in [-0.2, -0.15) is 4.31 Å². The van der Waals surface area contributed by atoms with Crippen LogP contribution in [0, 0.1) is 5.82 Å². The summed E-state index contributed by atoms with van der Waals surface area (Å²) >= 11 is 6.14. The highest BCUT2D eigenvalue weighted by molar-refractivity contribution is 7.89. The topological polar surface area (TPSA) is 127 Å². The van der Waals surface area contributed by atoms with Gasteiger partial charge in [-0.1, -0.05) is 35.9 Å². The van der Waals surface area contributed by atoms with Gasteiger partial charge in [-0.3, -0.25) is 9.59 Å². The summed E-state index contributed by atoms with van der Waals surface area (Å²) in [5.74, 6) is -1.54. The Labute approximate surface area is 262 Å². The number of sulfonamides is 1. The molecule has 2 aliphatic rings. The number of aromatic nitrogens is 1. The average Bonchev–Trinajstić information content (AvgIpc) is 3.10. The highest BCUT2D eigenvalue weighted by Crippen LogP contribution is 2.31. The maximum atomic E-state index is 15.2. The molecule has 0 saturated carbocycles. The number of hydrogen-bond donors (Lipinski definition) is 3. The van der Waals surface area contributed by atoms with Crippen LogP contribution in [0.4, 0.5) is 10.1 Å². The first-order chi connectivity index (χ1) is 20.9. The zero-order chi connectivity index (χ0) is 31.6. The fourth-order valence-electron chi connectivity index (χ4n) is 6.24. The Balaban J connectivity index is 1.39. The number of anilines is 1. The molecule has 2 fully saturated rings. The quantitative estimate of drug-likeness (QED) is 0.323. The lowest BCUT2D eigenvalue weighted by molar-refractivity contribution is -0.117. The molecule has 2 bridgehead atoms. The van der Waals surface area contributed by atoms with E-state index in [-0.39, 0.29) is 41.5 Å². The lowest BCUT2D eigenvalue weighted by Gasteiger charge is -2.37. The van der Waals surface area contributed by atoms with Crippen molar-refractivity contribution in [2.75, 3.05) is 24.2 Å². The third kappa shape index (κ3) is 7.07. The summed E-state index contributed by atoms with van der Waals surface area (Å²) in [6, 6.07) is 13.2. The van der Waals surface area contributed by atoms with Crippen LogP contribution in [0.2, 0.25) is 5.02 Å². The number of pyridine rings is 1. The molecule has 0 aliphatic carbocycles. The highest BCUT2D eigenvalue weighted by atomic mass is 35.5. The lowest BCUT2D eigenvalue weighted by atomic mass is 9.85. The van der Waals surface area contributed by atoms with Crippen molar-refractivity contribution in [1.29, 1.82) is 0 Å². The number of benzene rings is 2. The maximum absolute atomic E-state index is 15.2. The fourth-order valence-corrected chi connectivity index (χ4v) is 8.17. The maximum Gasteiger partial charge on any atom is 0.250 e. The van der Waals surface area contributed by atoms with Crippen molar-refractivity contribution >= 4 is 33.2 Å². The second kappa shape index (κ2) is 13.5. The molecule has 236 valence electrons. The van der Waals surface area contributed by atoms with E-state index in [2.05, 4.69) is 10.6 Å². The fraction of sp³-hybridized carbons (Fsp3) is 0.438. The van der Waals surface area contributed by atoms with Crippen molar-refractivity contribution in [2.45, 2.75) is 69.6 Å². The van der Waals surface area contributed by atoms with Crippen LogP contribution in [-0.2, 0) is 21.2 Å². The molecular formula is C32H39ClFN5O4S. The second-order valence-corrected chi connectivity index (χ2v) is 14.4. The number of nitrogens with one attached hydrogen (secondary N) is 2. The lowest BCUT2D eigenvalue weighted by Crippen LogP contribution is -2.57. The average molecular weight is 644 g/mol. The number of amides is 1. The van der Waals surface area contributed by atoms with E-state index in [0.29, 0.717) is 42.1 Å². The number of carbonyl (C=O) groups excluding carboxylic acids is 1. The van der Waals surface area contributed by atoms with Crippen LogP contribution in [0.5, 0.6) is 0 Å². The van der Waals surface area contributed by atoms with Crippen molar-refractivity contribution in [3.8, 4) is 0 Å². The molecule has 0 spiro atoms. The highest BCUT2D eigenvalue weighted by Gasteiger charge is 2.38. The Morgan fingerprint density at radius 3 is 2.59 bits per heavy atom. The number of carbonyl (C=O) groups is 1. The molecule has 2 saturated heterocycles. The molecule has 9 nitrogen and oxygen atoms in total. The molecule has 1 aromatic heterocycles. The second-order valence-electron chi connectivity index (χ2n) is 11.9. The van der Waals surface area contributed by atoms with Gasteiger partial charge < -0.3 is 20.9 Å². The van der Waals surface area contributed by atoms with Crippen LogP contribution in [-0.4, -0.2) is 60.2 Å². The Bertz CT molecular complexity index is 1660. The molecule has 0 radical (unpaired) electrons. The van der Waals surface area contributed by atoms with Crippen LogP contribution in [0.3, 0.4) is 0 Å². The molecule has 5 rings (SSSR count). The number of rotatable bonds is 9. The van der Waals surface area contributed by atoms with Crippen LogP contribution in [0.1, 0.15) is 61.8 Å². The first-order valence-corrected chi connectivity index (χ1v) is 17.0. The van der Waals surface area contributed by atoms with Crippen LogP contribution >= 0.6 is 11.6 Å². The van der Waals surface area contributed by atoms with Crippen molar-refractivity contribution < 1.29 is 17.6 Å². The molecule has 5 atom stereocenters. The van der Waals surface area contributed by atoms with Crippen LogP contribution in [0.15, 0.2) is 65.6 Å². The molecule has 3 unspecified atom stereocenters. The van der Waals surface area contributed by atoms with Crippen molar-refractivity contribution in [3.63, 3.8) is 0 Å². The van der Waals surface area contributed by atoms with Gasteiger partial charge in [0.1, 0.15) is 5.82 Å². The van der Waals surface area contributed by atoms with E-state index in [1.165, 1.54) is 18.2 Å². The van der Waals surface area contributed by atoms with Crippen molar-refractivity contribution in [1.82, 2.24) is 14.2 Å². The Kier molecular flexibility index (Phi) is 9.91. The van der Waals surface area contributed by atoms with Gasteiger partial charge in [-0.05, 0) is 74.9 Å². The predicted octanol–water partition coefficient (Wildman–Crippen LogP) is 4.02. The summed E-state index contributed by atoms with van der Waals surface area (Å²) in [5, 5.41) is 6.81. The Morgan fingerprint density at radius 2 is 1.86 bits per heavy atom. The summed E-state index contributed by atoms with van der Waals surface area (Å²) in [7, 11) is -3.39. The third-order valence-electron chi connectivity index (χ3n) is 8.63. The Morgan fingerprint density at radius 1 is 1.14 bits per heavy atom. The summed E-state index contributed by atoms with van der Waals surface area (Å²) < 4.78 is 44.2. The minimum Gasteiger partial charge on any atom is -0.324 e. The van der Waals surface area contributed by atoms with E-state index in [1.54, 1.807) is 51.5 Å². The molecule has 3 heterocycles. The summed E-state index contributed by atoms with van der Waals surface area (Å²) in [6.45, 7) is 4.69. The van der Waals surface area contributed by atoms with E-state index in [0.717, 1.165) is 12.0 Å². The zero-order valence-corrected chi connectivity index (χ0v) is 26.5. The minimum absolute atomic E-state index is 0.109. The van der Waals surface area contributed by atoms with Gasteiger partial charge in [0.15, 0.2) is 0 Å². The summed E-state index contributed by atoms with van der Waals surface area (Å²) in [5.41, 5.74) is 8.45. The van der Waals surface area contributed by atoms with E-state index in [9.17, 15) is 18.0 Å². The van der Waals surface area contributed by atoms with Crippen LogP contribution in [0.25, 0.3) is 0 Å². The summed E-state index contributed by atoms with van der Waals surface area (Å²) in [6.07, 6.45) is 3.75. The number of fused-ring (bicyclic) bond motifs is 2. The smallest absolute Gasteiger partial charge is 0.250 e. The van der Waals surface area contributed by atoms with Gasteiger partial charge in [0.2, 0.25) is 15.9 Å². The van der Waals surface area contributed by atoms with Gasteiger partial charge >= 0.3 is 0 Å². The minimum atomic E-state index is -3.39. The van der Waals surface area contributed by atoms with Gasteiger partial charge in [0.25, 0.3) is 5.56 Å². The molecule has 4 N–H and O–H groups in total. The van der Waals surface area contributed by atoms with Gasteiger partial charge in [0.05, 0.1) is 11.8 Å². The van der Waals surface area contributed by atoms with E-state index >= 15 is 4.39 Å². The molecule has 2 aromatic carbocycles. The number of nitrogens with two attached hydrogens (primary N) is 1. The van der Waals surface area contributed by atoms with E-state index in [4.69, 9.17) is 17.3 Å². The Hall–Kier alpha value is -3.09. The van der Waals surface area contributed by atoms with Gasteiger partial charge in [0, 0.05) is 65.7 Å². The SMILES string of the molecule is CC(C)n1cc([C@H](c2ccc(Cl)cc2)[C@H](N)C(=O)Nc2cccc(F)c2CCC2CNC3CCCS(=O)(=O)N2C3)ccc1=O. The van der Waals surface area contributed by atoms with E-state index < -0.39 is 33.7 Å². The third-order valence-corrected chi connectivity index (χ3v) is 10.9. The standard InChI is InChI=1S/C32H39ClFN5O4S/c1-20(2)38-18-22(10-15-29(38)40)30(21-8-11-23(33)12-9-21)31(35)32(41)37-28-7-3-6-27(34)26(28)14-13-25-17-36-24-5-4-16-44(42,43)39(25)19-24/h3,6-12,15,18,20,24-25,30-31,36H,4-5,13-14,16-17,19,35H2,1-2H3,(H,37,41)/t24?,25?,30-,31-/m0/s1. The molecule has 3 aromatic rings. The number of piperazine rings is 1. The van der Waals surface area contributed by atoms with Crippen LogP contribution < -0.4 is 21.9 Å².